The average molecular weight is 309 g/mol. The van der Waals surface area contributed by atoms with Gasteiger partial charge in [-0.1, -0.05) is 28.1 Å². The van der Waals surface area contributed by atoms with E-state index in [2.05, 4.69) is 21.0 Å². The van der Waals surface area contributed by atoms with Gasteiger partial charge in [0.05, 0.1) is 12.3 Å². The van der Waals surface area contributed by atoms with E-state index in [1.165, 1.54) is 5.56 Å². The molecule has 2 aromatic rings. The van der Waals surface area contributed by atoms with Gasteiger partial charge in [0.2, 0.25) is 0 Å². The fraction of sp³-hybridized carbons (Fsp3) is 0.357. The highest BCUT2D eigenvalue weighted by atomic mass is 79.9. The van der Waals surface area contributed by atoms with Crippen LogP contribution in [0.1, 0.15) is 17.5 Å². The Morgan fingerprint density at radius 2 is 2.00 bits per heavy atom. The van der Waals surface area contributed by atoms with Crippen LogP contribution >= 0.6 is 15.9 Å². The van der Waals surface area contributed by atoms with Crippen LogP contribution in [-0.4, -0.2) is 21.0 Å². The van der Waals surface area contributed by atoms with Crippen LogP contribution in [0.15, 0.2) is 41.1 Å². The Kier molecular flexibility index (Phi) is 4.55. The van der Waals surface area contributed by atoms with E-state index in [-0.39, 0.29) is 6.10 Å². The van der Waals surface area contributed by atoms with Crippen LogP contribution in [-0.2, 0) is 19.9 Å². The van der Waals surface area contributed by atoms with Crippen molar-refractivity contribution in [2.45, 2.75) is 25.4 Å². The van der Waals surface area contributed by atoms with Crippen molar-refractivity contribution >= 4 is 15.9 Å². The van der Waals surface area contributed by atoms with Crippen molar-refractivity contribution in [3.8, 4) is 0 Å². The topological polar surface area (TPSA) is 38.0 Å². The maximum absolute atomic E-state index is 10.0. The van der Waals surface area contributed by atoms with Crippen molar-refractivity contribution in [3.05, 3.63) is 52.3 Å². The van der Waals surface area contributed by atoms with Crippen molar-refractivity contribution < 1.29 is 5.11 Å². The fourth-order valence-corrected chi connectivity index (χ4v) is 2.19. The number of hydrogen-bond acceptors (Lipinski definition) is 2. The second kappa shape index (κ2) is 6.16. The summed E-state index contributed by atoms with van der Waals surface area (Å²) >= 11 is 3.40. The zero-order chi connectivity index (χ0) is 13.0. The largest absolute Gasteiger partial charge is 0.393 e. The maximum atomic E-state index is 10.0. The van der Waals surface area contributed by atoms with Gasteiger partial charge in [-0.25, -0.2) is 0 Å². The quantitative estimate of drug-likeness (QED) is 0.922. The van der Waals surface area contributed by atoms with Crippen LogP contribution in [0.5, 0.6) is 0 Å². The van der Waals surface area contributed by atoms with Gasteiger partial charge in [0.1, 0.15) is 0 Å². The first-order chi connectivity index (χ1) is 8.63. The lowest BCUT2D eigenvalue weighted by atomic mass is 10.0. The molecule has 0 aliphatic rings. The molecule has 1 atom stereocenters. The van der Waals surface area contributed by atoms with Crippen molar-refractivity contribution in [2.75, 3.05) is 0 Å². The number of aliphatic hydroxyl groups excluding tert-OH is 1. The van der Waals surface area contributed by atoms with Gasteiger partial charge in [0, 0.05) is 17.7 Å². The number of aryl methyl sites for hydroxylation is 2. The summed E-state index contributed by atoms with van der Waals surface area (Å²) in [6.07, 6.45) is 5.88. The van der Waals surface area contributed by atoms with E-state index in [0.717, 1.165) is 22.9 Å². The first-order valence-electron chi connectivity index (χ1n) is 6.03. The average Bonchev–Trinajstić information content (AvgIpc) is 2.76. The molecule has 4 heteroatoms. The summed E-state index contributed by atoms with van der Waals surface area (Å²) in [5.74, 6) is 0. The van der Waals surface area contributed by atoms with Gasteiger partial charge in [0.25, 0.3) is 0 Å². The fourth-order valence-electron chi connectivity index (χ4n) is 1.93. The lowest BCUT2D eigenvalue weighted by molar-refractivity contribution is 0.165. The SMILES string of the molecule is Cn1cc(CCC(O)Cc2ccc(Br)cc2)cn1. The number of aliphatic hydroxyl groups is 1. The van der Waals surface area contributed by atoms with Crippen LogP contribution in [0.3, 0.4) is 0 Å². The molecular weight excluding hydrogens is 292 g/mol. The molecule has 0 radical (unpaired) electrons. The molecule has 0 saturated carbocycles. The summed E-state index contributed by atoms with van der Waals surface area (Å²) in [5, 5.41) is 14.1. The van der Waals surface area contributed by atoms with Gasteiger partial charge < -0.3 is 5.11 Å². The van der Waals surface area contributed by atoms with E-state index in [0.29, 0.717) is 6.42 Å². The van der Waals surface area contributed by atoms with Gasteiger partial charge in [-0.3, -0.25) is 4.68 Å². The van der Waals surface area contributed by atoms with Gasteiger partial charge in [-0.05, 0) is 42.5 Å². The molecule has 1 aromatic carbocycles. The van der Waals surface area contributed by atoms with Crippen molar-refractivity contribution in [1.29, 1.82) is 0 Å². The summed E-state index contributed by atoms with van der Waals surface area (Å²) in [6, 6.07) is 8.08. The smallest absolute Gasteiger partial charge is 0.0583 e. The molecule has 1 aromatic heterocycles. The second-order valence-corrected chi connectivity index (χ2v) is 5.46. The molecule has 0 spiro atoms. The standard InChI is InChI=1S/C14H17BrN2O/c1-17-10-12(9-16-17)4-7-14(18)8-11-2-5-13(15)6-3-11/h2-3,5-6,9-10,14,18H,4,7-8H2,1H3. The number of nitrogens with zero attached hydrogens (tertiary/aromatic N) is 2. The molecule has 96 valence electrons. The van der Waals surface area contributed by atoms with Crippen molar-refractivity contribution in [1.82, 2.24) is 9.78 Å². The third-order valence-electron chi connectivity index (χ3n) is 2.91. The summed E-state index contributed by atoms with van der Waals surface area (Å²) in [6.45, 7) is 0. The third-order valence-corrected chi connectivity index (χ3v) is 3.44. The Labute approximate surface area is 116 Å². The molecule has 1 heterocycles. The van der Waals surface area contributed by atoms with Crippen LogP contribution in [0.4, 0.5) is 0 Å². The highest BCUT2D eigenvalue weighted by Gasteiger charge is 2.07. The summed E-state index contributed by atoms with van der Waals surface area (Å²) in [5.41, 5.74) is 2.34. The molecule has 0 fully saturated rings. The summed E-state index contributed by atoms with van der Waals surface area (Å²) in [7, 11) is 1.90. The Balaban J connectivity index is 1.81. The zero-order valence-corrected chi connectivity index (χ0v) is 12.0. The molecule has 0 saturated heterocycles. The highest BCUT2D eigenvalue weighted by Crippen LogP contribution is 2.13. The Morgan fingerprint density at radius 3 is 2.61 bits per heavy atom. The molecule has 18 heavy (non-hydrogen) atoms. The predicted octanol–water partition coefficient (Wildman–Crippen LogP) is 2.72. The first-order valence-corrected chi connectivity index (χ1v) is 6.83. The molecule has 0 bridgehead atoms. The van der Waals surface area contributed by atoms with Crippen LogP contribution in [0.2, 0.25) is 0 Å². The lowest BCUT2D eigenvalue weighted by Gasteiger charge is -2.09. The second-order valence-electron chi connectivity index (χ2n) is 4.55. The van der Waals surface area contributed by atoms with Gasteiger partial charge in [-0.2, -0.15) is 5.10 Å². The van der Waals surface area contributed by atoms with Crippen LogP contribution < -0.4 is 0 Å². The van der Waals surface area contributed by atoms with Crippen LogP contribution in [0, 0.1) is 0 Å². The normalized spacial score (nSPS) is 12.6. The Morgan fingerprint density at radius 1 is 1.28 bits per heavy atom. The number of rotatable bonds is 5. The monoisotopic (exact) mass is 308 g/mol. The van der Waals surface area contributed by atoms with E-state index >= 15 is 0 Å². The third kappa shape index (κ3) is 3.96. The van der Waals surface area contributed by atoms with Crippen LogP contribution in [0.25, 0.3) is 0 Å². The Bertz CT molecular complexity index is 493. The minimum Gasteiger partial charge on any atom is -0.393 e. The first kappa shape index (κ1) is 13.3. The summed E-state index contributed by atoms with van der Waals surface area (Å²) < 4.78 is 2.85. The van der Waals surface area contributed by atoms with Crippen molar-refractivity contribution in [3.63, 3.8) is 0 Å². The van der Waals surface area contributed by atoms with E-state index < -0.39 is 0 Å². The number of halogens is 1. The molecular formula is C14H17BrN2O. The maximum Gasteiger partial charge on any atom is 0.0583 e. The number of hydrogen-bond donors (Lipinski definition) is 1. The number of aromatic nitrogens is 2. The lowest BCUT2D eigenvalue weighted by Crippen LogP contribution is -2.11. The molecule has 0 aliphatic heterocycles. The Hall–Kier alpha value is -1.13. The predicted molar refractivity (Wildman–Crippen MR) is 75.4 cm³/mol. The summed E-state index contributed by atoms with van der Waals surface area (Å²) in [4.78, 5) is 0. The molecule has 3 nitrogen and oxygen atoms in total. The number of benzene rings is 1. The molecule has 1 unspecified atom stereocenters. The van der Waals surface area contributed by atoms with Gasteiger partial charge >= 0.3 is 0 Å². The van der Waals surface area contributed by atoms with Gasteiger partial charge in [0.15, 0.2) is 0 Å². The minimum atomic E-state index is -0.300. The highest BCUT2D eigenvalue weighted by molar-refractivity contribution is 9.10. The molecule has 1 N–H and O–H groups in total. The molecule has 0 amide bonds. The van der Waals surface area contributed by atoms with E-state index in [9.17, 15) is 5.11 Å². The van der Waals surface area contributed by atoms with E-state index in [1.807, 2.05) is 43.7 Å². The van der Waals surface area contributed by atoms with Gasteiger partial charge in [-0.15, -0.1) is 0 Å². The molecule has 0 aliphatic carbocycles. The van der Waals surface area contributed by atoms with Crippen molar-refractivity contribution in [2.24, 2.45) is 7.05 Å². The zero-order valence-electron chi connectivity index (χ0n) is 10.4. The van der Waals surface area contributed by atoms with E-state index in [1.54, 1.807) is 4.68 Å². The minimum absolute atomic E-state index is 0.300. The molecule has 2 rings (SSSR count). The van der Waals surface area contributed by atoms with E-state index in [4.69, 9.17) is 0 Å².